The number of amides is 3. The van der Waals surface area contributed by atoms with Crippen molar-refractivity contribution < 1.29 is 14.3 Å². The van der Waals surface area contributed by atoms with Crippen LogP contribution in [0.25, 0.3) is 0 Å². The van der Waals surface area contributed by atoms with Gasteiger partial charge in [0, 0.05) is 18.7 Å². The largest absolute Gasteiger partial charge is 0.483 e. The zero-order valence-corrected chi connectivity index (χ0v) is 12.7. The molecule has 0 spiro atoms. The lowest BCUT2D eigenvalue weighted by atomic mass is 10.2. The average molecular weight is 293 g/mol. The van der Waals surface area contributed by atoms with Crippen molar-refractivity contribution in [3.63, 3.8) is 0 Å². The van der Waals surface area contributed by atoms with Crippen molar-refractivity contribution in [2.45, 2.75) is 20.4 Å². The molecule has 0 atom stereocenters. The first kappa shape index (κ1) is 17.0. The lowest BCUT2D eigenvalue weighted by Gasteiger charge is -2.11. The van der Waals surface area contributed by atoms with Crippen molar-refractivity contribution in [2.75, 3.05) is 20.2 Å². The van der Waals surface area contributed by atoms with Gasteiger partial charge in [-0.1, -0.05) is 32.0 Å². The summed E-state index contributed by atoms with van der Waals surface area (Å²) in [6.07, 6.45) is 0. The minimum atomic E-state index is -0.499. The summed E-state index contributed by atoms with van der Waals surface area (Å²) in [5.41, 5.74) is 0.956. The Hall–Kier alpha value is -2.08. The molecule has 0 fully saturated rings. The van der Waals surface area contributed by atoms with Crippen molar-refractivity contribution in [2.24, 2.45) is 5.92 Å². The summed E-state index contributed by atoms with van der Waals surface area (Å²) in [5.74, 6) is 0.482. The fraction of sp³-hybridized carbons (Fsp3) is 0.467. The number of benzene rings is 1. The molecule has 3 N–H and O–H groups in total. The zero-order valence-electron chi connectivity index (χ0n) is 12.7. The van der Waals surface area contributed by atoms with Crippen molar-refractivity contribution in [1.29, 1.82) is 0 Å². The van der Waals surface area contributed by atoms with Crippen LogP contribution in [0.5, 0.6) is 5.75 Å². The monoisotopic (exact) mass is 293 g/mol. The van der Waals surface area contributed by atoms with E-state index in [0.29, 0.717) is 24.8 Å². The van der Waals surface area contributed by atoms with E-state index in [1.165, 1.54) is 0 Å². The summed E-state index contributed by atoms with van der Waals surface area (Å²) >= 11 is 0. The van der Waals surface area contributed by atoms with Gasteiger partial charge in [0.2, 0.25) is 0 Å². The molecule has 6 nitrogen and oxygen atoms in total. The van der Waals surface area contributed by atoms with Crippen LogP contribution in [0.3, 0.4) is 0 Å². The predicted octanol–water partition coefficient (Wildman–Crippen LogP) is 1.27. The predicted molar refractivity (Wildman–Crippen MR) is 81.1 cm³/mol. The molecular weight excluding hydrogens is 270 g/mol. The fourth-order valence-electron chi connectivity index (χ4n) is 1.63. The van der Waals surface area contributed by atoms with E-state index in [2.05, 4.69) is 16.0 Å². The lowest BCUT2D eigenvalue weighted by Crippen LogP contribution is -2.42. The van der Waals surface area contributed by atoms with E-state index in [1.807, 2.05) is 39.1 Å². The molecule has 0 heterocycles. The highest BCUT2D eigenvalue weighted by Gasteiger charge is 2.10. The molecule has 0 saturated heterocycles. The number of rotatable bonds is 7. The van der Waals surface area contributed by atoms with Crippen LogP contribution in [0.1, 0.15) is 19.4 Å². The molecule has 1 aromatic carbocycles. The van der Waals surface area contributed by atoms with E-state index in [4.69, 9.17) is 4.74 Å². The molecular formula is C15H23N3O3. The first-order valence-corrected chi connectivity index (χ1v) is 6.96. The van der Waals surface area contributed by atoms with E-state index in [0.717, 1.165) is 5.56 Å². The van der Waals surface area contributed by atoms with E-state index in [9.17, 15) is 9.59 Å². The normalized spacial score (nSPS) is 10.3. The number of carbonyl (C=O) groups excluding carboxylic acids is 2. The Kier molecular flexibility index (Phi) is 7.25. The molecule has 0 radical (unpaired) electrons. The molecule has 0 unspecified atom stereocenters. The molecule has 0 aromatic heterocycles. The quantitative estimate of drug-likeness (QED) is 0.707. The fourth-order valence-corrected chi connectivity index (χ4v) is 1.63. The van der Waals surface area contributed by atoms with Crippen LogP contribution in [0, 0.1) is 5.92 Å². The highest BCUT2D eigenvalue weighted by molar-refractivity contribution is 5.94. The van der Waals surface area contributed by atoms with Crippen molar-refractivity contribution in [1.82, 2.24) is 16.0 Å². The van der Waals surface area contributed by atoms with Crippen molar-refractivity contribution >= 4 is 11.9 Å². The van der Waals surface area contributed by atoms with Gasteiger partial charge in [-0.3, -0.25) is 10.1 Å². The molecule has 3 amide bonds. The number of hydrogen-bond donors (Lipinski definition) is 3. The number of carbonyl (C=O) groups is 2. The maximum atomic E-state index is 11.6. The van der Waals surface area contributed by atoms with Gasteiger partial charge in [0.15, 0.2) is 6.61 Å². The molecule has 116 valence electrons. The van der Waals surface area contributed by atoms with Gasteiger partial charge in [0.05, 0.1) is 0 Å². The molecule has 0 aliphatic carbocycles. The number of hydrogen-bond acceptors (Lipinski definition) is 4. The molecule has 0 aliphatic rings. The maximum absolute atomic E-state index is 11.6. The third-order valence-electron chi connectivity index (χ3n) is 2.62. The van der Waals surface area contributed by atoms with Gasteiger partial charge in [-0.05, 0) is 19.0 Å². The minimum absolute atomic E-state index is 0.199. The second kappa shape index (κ2) is 8.97. The summed E-state index contributed by atoms with van der Waals surface area (Å²) in [7, 11) is 1.84. The minimum Gasteiger partial charge on any atom is -0.483 e. The first-order chi connectivity index (χ1) is 10.0. The Labute approximate surface area is 125 Å². The molecule has 1 rings (SSSR count). The van der Waals surface area contributed by atoms with Crippen LogP contribution in [-0.2, 0) is 11.3 Å². The van der Waals surface area contributed by atoms with Crippen LogP contribution >= 0.6 is 0 Å². The van der Waals surface area contributed by atoms with Crippen LogP contribution in [0.2, 0.25) is 0 Å². The summed E-state index contributed by atoms with van der Waals surface area (Å²) in [5, 5.41) is 7.86. The van der Waals surface area contributed by atoms with Crippen LogP contribution < -0.4 is 20.7 Å². The first-order valence-electron chi connectivity index (χ1n) is 6.96. The summed E-state index contributed by atoms with van der Waals surface area (Å²) in [6.45, 7) is 4.92. The lowest BCUT2D eigenvalue weighted by molar-refractivity contribution is -0.122. The number of nitrogens with one attached hydrogen (secondary N) is 3. The zero-order chi connectivity index (χ0) is 15.7. The van der Waals surface area contributed by atoms with Gasteiger partial charge in [0.25, 0.3) is 5.91 Å². The Morgan fingerprint density at radius 1 is 1.24 bits per heavy atom. The van der Waals surface area contributed by atoms with E-state index in [-0.39, 0.29) is 6.61 Å². The second-order valence-corrected chi connectivity index (χ2v) is 5.08. The maximum Gasteiger partial charge on any atom is 0.321 e. The van der Waals surface area contributed by atoms with E-state index < -0.39 is 11.9 Å². The number of urea groups is 1. The van der Waals surface area contributed by atoms with E-state index in [1.54, 1.807) is 6.07 Å². The molecule has 0 bridgehead atoms. The van der Waals surface area contributed by atoms with Crippen LogP contribution in [0.15, 0.2) is 24.3 Å². The van der Waals surface area contributed by atoms with Gasteiger partial charge in [-0.15, -0.1) is 0 Å². The Morgan fingerprint density at radius 2 is 1.95 bits per heavy atom. The molecule has 6 heteroatoms. The Balaban J connectivity index is 2.41. The Bertz CT molecular complexity index is 475. The van der Waals surface area contributed by atoms with Gasteiger partial charge in [0.1, 0.15) is 5.75 Å². The number of imide groups is 1. The van der Waals surface area contributed by atoms with Gasteiger partial charge < -0.3 is 15.4 Å². The van der Waals surface area contributed by atoms with Crippen LogP contribution in [0.4, 0.5) is 4.79 Å². The summed E-state index contributed by atoms with van der Waals surface area (Å²) < 4.78 is 5.45. The van der Waals surface area contributed by atoms with Gasteiger partial charge >= 0.3 is 6.03 Å². The third kappa shape index (κ3) is 6.76. The van der Waals surface area contributed by atoms with Gasteiger partial charge in [-0.2, -0.15) is 0 Å². The third-order valence-corrected chi connectivity index (χ3v) is 2.62. The molecule has 0 aliphatic heterocycles. The SMILES string of the molecule is CNCc1ccccc1OCC(=O)NC(=O)NCC(C)C. The smallest absolute Gasteiger partial charge is 0.321 e. The highest BCUT2D eigenvalue weighted by atomic mass is 16.5. The van der Waals surface area contributed by atoms with Crippen molar-refractivity contribution in [3.8, 4) is 5.75 Å². The molecule has 21 heavy (non-hydrogen) atoms. The standard InChI is InChI=1S/C15H23N3O3/c1-11(2)8-17-15(20)18-14(19)10-21-13-7-5-4-6-12(13)9-16-3/h4-7,11,16H,8-10H2,1-3H3,(H2,17,18,19,20). The molecule has 0 saturated carbocycles. The molecule has 1 aromatic rings. The Morgan fingerprint density at radius 3 is 2.62 bits per heavy atom. The summed E-state index contributed by atoms with van der Waals surface area (Å²) in [6, 6.07) is 6.94. The number of ether oxygens (including phenoxy) is 1. The van der Waals surface area contributed by atoms with Crippen molar-refractivity contribution in [3.05, 3.63) is 29.8 Å². The summed E-state index contributed by atoms with van der Waals surface area (Å²) in [4.78, 5) is 23.1. The van der Waals surface area contributed by atoms with Gasteiger partial charge in [-0.25, -0.2) is 4.79 Å². The second-order valence-electron chi connectivity index (χ2n) is 5.08. The number of para-hydroxylation sites is 1. The van der Waals surface area contributed by atoms with E-state index >= 15 is 0 Å². The van der Waals surface area contributed by atoms with Crippen LogP contribution in [-0.4, -0.2) is 32.1 Å². The average Bonchev–Trinajstić information content (AvgIpc) is 2.44. The highest BCUT2D eigenvalue weighted by Crippen LogP contribution is 2.17. The topological polar surface area (TPSA) is 79.5 Å².